The van der Waals surface area contributed by atoms with Gasteiger partial charge in [-0.2, -0.15) is 0 Å². The Bertz CT molecular complexity index is 597. The molecule has 0 heterocycles. The highest BCUT2D eigenvalue weighted by Crippen LogP contribution is 2.14. The van der Waals surface area contributed by atoms with E-state index in [9.17, 15) is 0 Å². The number of benzene rings is 2. The van der Waals surface area contributed by atoms with E-state index in [4.69, 9.17) is 21.7 Å². The van der Waals surface area contributed by atoms with Crippen LogP contribution >= 0.6 is 12.2 Å². The molecule has 0 bridgehead atoms. The van der Waals surface area contributed by atoms with Crippen molar-refractivity contribution in [2.45, 2.75) is 6.92 Å². The van der Waals surface area contributed by atoms with Gasteiger partial charge in [0.15, 0.2) is 5.11 Å². The fraction of sp³-hybridized carbons (Fsp3) is 0.235. The third-order valence-electron chi connectivity index (χ3n) is 3.03. The van der Waals surface area contributed by atoms with Crippen molar-refractivity contribution in [3.8, 4) is 11.5 Å². The zero-order valence-corrected chi connectivity index (χ0v) is 13.6. The number of thiocarbonyl (C=S) groups is 1. The van der Waals surface area contributed by atoms with Crippen molar-refractivity contribution in [3.05, 3.63) is 54.1 Å². The number of hydrogen-bond donors (Lipinski definition) is 2. The summed E-state index contributed by atoms with van der Waals surface area (Å²) in [4.78, 5) is 0. The van der Waals surface area contributed by atoms with E-state index in [0.717, 1.165) is 17.2 Å². The van der Waals surface area contributed by atoms with E-state index >= 15 is 0 Å². The third kappa shape index (κ3) is 5.26. The summed E-state index contributed by atoms with van der Waals surface area (Å²) < 4.78 is 10.7. The fourth-order valence-electron chi connectivity index (χ4n) is 1.82. The van der Waals surface area contributed by atoms with Gasteiger partial charge in [0.2, 0.25) is 0 Å². The zero-order valence-electron chi connectivity index (χ0n) is 12.8. The van der Waals surface area contributed by atoms with Gasteiger partial charge in [-0.25, -0.2) is 0 Å². The number of ether oxygens (including phenoxy) is 2. The van der Waals surface area contributed by atoms with E-state index in [0.29, 0.717) is 18.3 Å². The number of hydrogen-bond acceptors (Lipinski definition) is 3. The molecule has 0 fully saturated rings. The molecule has 0 aliphatic heterocycles. The predicted octanol–water partition coefficient (Wildman–Crippen LogP) is 3.37. The van der Waals surface area contributed by atoms with Crippen LogP contribution in [0.3, 0.4) is 0 Å². The maximum Gasteiger partial charge on any atom is 0.170 e. The van der Waals surface area contributed by atoms with Crippen LogP contribution in [0.15, 0.2) is 48.5 Å². The lowest BCUT2D eigenvalue weighted by Gasteiger charge is -2.11. The summed E-state index contributed by atoms with van der Waals surface area (Å²) in [6.07, 6.45) is 0. The molecule has 0 saturated carbocycles. The van der Waals surface area contributed by atoms with Crippen LogP contribution in [0, 0.1) is 6.92 Å². The van der Waals surface area contributed by atoms with Crippen molar-refractivity contribution in [1.82, 2.24) is 5.32 Å². The normalized spacial score (nSPS) is 9.91. The minimum Gasteiger partial charge on any atom is -0.497 e. The maximum atomic E-state index is 5.63. The van der Waals surface area contributed by atoms with Crippen LogP contribution in [-0.4, -0.2) is 25.4 Å². The number of aryl methyl sites for hydroxylation is 1. The van der Waals surface area contributed by atoms with Crippen molar-refractivity contribution in [2.75, 3.05) is 25.6 Å². The Morgan fingerprint density at radius 1 is 1.00 bits per heavy atom. The lowest BCUT2D eigenvalue weighted by atomic mass is 10.2. The smallest absolute Gasteiger partial charge is 0.170 e. The van der Waals surface area contributed by atoms with E-state index < -0.39 is 0 Å². The van der Waals surface area contributed by atoms with Gasteiger partial charge in [0.1, 0.15) is 18.1 Å². The van der Waals surface area contributed by atoms with Crippen LogP contribution in [0.25, 0.3) is 0 Å². The first-order valence-corrected chi connectivity index (χ1v) is 7.46. The standard InChI is InChI=1S/C17H20N2O2S/c1-13-3-7-16(8-4-13)21-12-11-18-17(22)19-14-5-9-15(20-2)10-6-14/h3-10H,11-12H2,1-2H3,(H2,18,19,22). The summed E-state index contributed by atoms with van der Waals surface area (Å²) in [5.41, 5.74) is 2.13. The molecular weight excluding hydrogens is 296 g/mol. The topological polar surface area (TPSA) is 42.5 Å². The molecule has 0 spiro atoms. The largest absolute Gasteiger partial charge is 0.497 e. The van der Waals surface area contributed by atoms with Crippen molar-refractivity contribution in [3.63, 3.8) is 0 Å². The molecule has 116 valence electrons. The predicted molar refractivity (Wildman–Crippen MR) is 93.9 cm³/mol. The Morgan fingerprint density at radius 3 is 2.27 bits per heavy atom. The average Bonchev–Trinajstić information content (AvgIpc) is 2.54. The first-order chi connectivity index (χ1) is 10.7. The van der Waals surface area contributed by atoms with Crippen LogP contribution in [0.5, 0.6) is 11.5 Å². The van der Waals surface area contributed by atoms with E-state index in [1.54, 1.807) is 7.11 Å². The van der Waals surface area contributed by atoms with E-state index in [1.165, 1.54) is 5.56 Å². The Balaban J connectivity index is 1.67. The first kappa shape index (κ1) is 16.1. The van der Waals surface area contributed by atoms with E-state index in [1.807, 2.05) is 48.5 Å². The highest BCUT2D eigenvalue weighted by Gasteiger charge is 1.98. The van der Waals surface area contributed by atoms with Crippen molar-refractivity contribution in [1.29, 1.82) is 0 Å². The summed E-state index contributed by atoms with van der Waals surface area (Å²) >= 11 is 5.24. The van der Waals surface area contributed by atoms with Gasteiger partial charge < -0.3 is 20.1 Å². The highest BCUT2D eigenvalue weighted by molar-refractivity contribution is 7.80. The number of rotatable bonds is 6. The number of methoxy groups -OCH3 is 1. The van der Waals surface area contributed by atoms with Crippen LogP contribution in [0.1, 0.15) is 5.56 Å². The van der Waals surface area contributed by atoms with Crippen molar-refractivity contribution >= 4 is 23.0 Å². The molecule has 0 radical (unpaired) electrons. The Labute approximate surface area is 136 Å². The van der Waals surface area contributed by atoms with Crippen LogP contribution < -0.4 is 20.1 Å². The van der Waals surface area contributed by atoms with Crippen molar-refractivity contribution < 1.29 is 9.47 Å². The molecule has 0 amide bonds. The molecule has 0 aliphatic rings. The summed E-state index contributed by atoms with van der Waals surface area (Å²) in [7, 11) is 1.64. The minimum atomic E-state index is 0.549. The van der Waals surface area contributed by atoms with Gasteiger partial charge in [-0.05, 0) is 55.5 Å². The molecule has 0 saturated heterocycles. The molecule has 4 nitrogen and oxygen atoms in total. The van der Waals surface area contributed by atoms with Gasteiger partial charge in [-0.1, -0.05) is 17.7 Å². The molecule has 0 atom stereocenters. The Hall–Kier alpha value is -2.27. The summed E-state index contributed by atoms with van der Waals surface area (Å²) in [6, 6.07) is 15.6. The molecule has 0 aliphatic carbocycles. The van der Waals surface area contributed by atoms with Gasteiger partial charge in [0.25, 0.3) is 0 Å². The van der Waals surface area contributed by atoms with Crippen LogP contribution in [0.2, 0.25) is 0 Å². The molecule has 22 heavy (non-hydrogen) atoms. The Morgan fingerprint density at radius 2 is 1.64 bits per heavy atom. The molecule has 2 aromatic carbocycles. The second kappa shape index (κ2) is 8.24. The SMILES string of the molecule is COc1ccc(NC(=S)NCCOc2ccc(C)cc2)cc1. The quantitative estimate of drug-likeness (QED) is 0.632. The van der Waals surface area contributed by atoms with Gasteiger partial charge in [0, 0.05) is 5.69 Å². The summed E-state index contributed by atoms with van der Waals surface area (Å²) in [6.45, 7) is 3.23. The average molecular weight is 316 g/mol. The maximum absolute atomic E-state index is 5.63. The second-order valence-electron chi connectivity index (χ2n) is 4.77. The van der Waals surface area contributed by atoms with Gasteiger partial charge >= 0.3 is 0 Å². The second-order valence-corrected chi connectivity index (χ2v) is 5.18. The molecule has 2 N–H and O–H groups in total. The number of anilines is 1. The molecule has 0 unspecified atom stereocenters. The number of nitrogens with one attached hydrogen (secondary N) is 2. The van der Waals surface area contributed by atoms with Gasteiger partial charge in [-0.3, -0.25) is 0 Å². The monoisotopic (exact) mass is 316 g/mol. The molecular formula is C17H20N2O2S. The molecule has 2 aromatic rings. The fourth-order valence-corrected chi connectivity index (χ4v) is 2.04. The first-order valence-electron chi connectivity index (χ1n) is 7.06. The molecule has 0 aromatic heterocycles. The van der Waals surface area contributed by atoms with Gasteiger partial charge in [0.05, 0.1) is 13.7 Å². The summed E-state index contributed by atoms with van der Waals surface area (Å²) in [5.74, 6) is 1.68. The highest BCUT2D eigenvalue weighted by atomic mass is 32.1. The van der Waals surface area contributed by atoms with E-state index in [2.05, 4.69) is 17.6 Å². The molecule has 5 heteroatoms. The van der Waals surface area contributed by atoms with Crippen LogP contribution in [-0.2, 0) is 0 Å². The third-order valence-corrected chi connectivity index (χ3v) is 3.27. The van der Waals surface area contributed by atoms with Crippen LogP contribution in [0.4, 0.5) is 5.69 Å². The Kier molecular flexibility index (Phi) is 6.03. The zero-order chi connectivity index (χ0) is 15.8. The van der Waals surface area contributed by atoms with Crippen molar-refractivity contribution in [2.24, 2.45) is 0 Å². The lowest BCUT2D eigenvalue weighted by molar-refractivity contribution is 0.322. The minimum absolute atomic E-state index is 0.549. The summed E-state index contributed by atoms with van der Waals surface area (Å²) in [5, 5.41) is 6.78. The van der Waals surface area contributed by atoms with Gasteiger partial charge in [-0.15, -0.1) is 0 Å². The van der Waals surface area contributed by atoms with E-state index in [-0.39, 0.29) is 0 Å². The lowest BCUT2D eigenvalue weighted by Crippen LogP contribution is -2.31. The molecule has 2 rings (SSSR count).